The Kier molecular flexibility index (Phi) is 2.83. The first-order valence-electron chi connectivity index (χ1n) is 3.18. The Morgan fingerprint density at radius 2 is 2.58 bits per heavy atom. The number of hydrogen-bond donors (Lipinski definition) is 2. The minimum absolute atomic E-state index is 0.0981. The number of carbonyl (C=O) groups is 1. The number of rotatable bonds is 3. The quantitative estimate of drug-likeness (QED) is 0.790. The summed E-state index contributed by atoms with van der Waals surface area (Å²) in [6.45, 7) is 0. The van der Waals surface area contributed by atoms with Crippen LogP contribution in [0, 0.1) is 0 Å². The molecule has 66 valence electrons. The summed E-state index contributed by atoms with van der Waals surface area (Å²) < 4.78 is 5.43. The molecule has 1 heterocycles. The molecule has 5 nitrogen and oxygen atoms in total. The SMILES string of the molecule is NC(Cc1ncc(Br)o1)C(=O)O. The maximum absolute atomic E-state index is 10.3. The minimum Gasteiger partial charge on any atom is -0.480 e. The zero-order valence-electron chi connectivity index (χ0n) is 6.03. The molecule has 0 saturated heterocycles. The predicted octanol–water partition coefficient (Wildman–Crippen LogP) is 0.391. The van der Waals surface area contributed by atoms with Gasteiger partial charge in [-0.15, -0.1) is 0 Å². The fourth-order valence-electron chi connectivity index (χ4n) is 0.658. The Bertz CT molecular complexity index is 286. The number of hydrogen-bond acceptors (Lipinski definition) is 4. The van der Waals surface area contributed by atoms with Crippen LogP contribution in [0.2, 0.25) is 0 Å². The van der Waals surface area contributed by atoms with Gasteiger partial charge < -0.3 is 15.3 Å². The molecule has 0 bridgehead atoms. The molecule has 1 aromatic heterocycles. The fraction of sp³-hybridized carbons (Fsp3) is 0.333. The lowest BCUT2D eigenvalue weighted by Gasteiger charge is -2.00. The summed E-state index contributed by atoms with van der Waals surface area (Å²) in [4.78, 5) is 14.1. The predicted molar refractivity (Wildman–Crippen MR) is 43.5 cm³/mol. The highest BCUT2D eigenvalue weighted by molar-refractivity contribution is 9.10. The third-order valence-electron chi connectivity index (χ3n) is 1.24. The van der Waals surface area contributed by atoms with Crippen LogP contribution in [0.4, 0.5) is 0 Å². The van der Waals surface area contributed by atoms with Crippen molar-refractivity contribution in [3.05, 3.63) is 16.8 Å². The molecule has 1 rings (SSSR count). The molecule has 0 aliphatic heterocycles. The van der Waals surface area contributed by atoms with Crippen LogP contribution in [0.1, 0.15) is 5.89 Å². The van der Waals surface area contributed by atoms with Gasteiger partial charge in [-0.2, -0.15) is 0 Å². The van der Waals surface area contributed by atoms with Crippen LogP contribution in [0.25, 0.3) is 0 Å². The van der Waals surface area contributed by atoms with Gasteiger partial charge in [0.15, 0.2) is 10.6 Å². The zero-order valence-corrected chi connectivity index (χ0v) is 7.61. The summed E-state index contributed by atoms with van der Waals surface area (Å²) >= 11 is 3.04. The molecule has 0 aliphatic rings. The maximum atomic E-state index is 10.3. The van der Waals surface area contributed by atoms with Crippen molar-refractivity contribution in [3.8, 4) is 0 Å². The van der Waals surface area contributed by atoms with E-state index in [1.54, 1.807) is 0 Å². The Balaban J connectivity index is 2.58. The van der Waals surface area contributed by atoms with E-state index in [0.29, 0.717) is 10.6 Å². The third-order valence-corrected chi connectivity index (χ3v) is 1.60. The van der Waals surface area contributed by atoms with E-state index in [2.05, 4.69) is 20.9 Å². The lowest BCUT2D eigenvalue weighted by molar-refractivity contribution is -0.138. The molecule has 0 saturated carbocycles. The van der Waals surface area contributed by atoms with E-state index in [9.17, 15) is 4.79 Å². The average Bonchev–Trinajstić information content (AvgIpc) is 2.35. The first-order valence-corrected chi connectivity index (χ1v) is 3.97. The second-order valence-corrected chi connectivity index (χ2v) is 2.99. The summed E-state index contributed by atoms with van der Waals surface area (Å²) in [5.41, 5.74) is 5.24. The maximum Gasteiger partial charge on any atom is 0.321 e. The van der Waals surface area contributed by atoms with Crippen LogP contribution < -0.4 is 5.73 Å². The van der Waals surface area contributed by atoms with Gasteiger partial charge in [-0.3, -0.25) is 4.79 Å². The standard InChI is InChI=1S/C6H7BrN2O3/c7-4-2-9-5(12-4)1-3(8)6(10)11/h2-3H,1,8H2,(H,10,11). The Labute approximate surface area is 76.7 Å². The molecule has 3 N–H and O–H groups in total. The number of nitrogens with two attached hydrogens (primary N) is 1. The van der Waals surface area contributed by atoms with Crippen LogP contribution >= 0.6 is 15.9 Å². The first kappa shape index (κ1) is 9.21. The number of carboxylic acids is 1. The Morgan fingerprint density at radius 1 is 1.92 bits per heavy atom. The lowest BCUT2D eigenvalue weighted by Crippen LogP contribution is -2.32. The molecule has 12 heavy (non-hydrogen) atoms. The van der Waals surface area contributed by atoms with Gasteiger partial charge >= 0.3 is 5.97 Å². The summed E-state index contributed by atoms with van der Waals surface area (Å²) in [5, 5.41) is 8.44. The van der Waals surface area contributed by atoms with Crippen molar-refractivity contribution in [1.29, 1.82) is 0 Å². The Morgan fingerprint density at radius 3 is 3.00 bits per heavy atom. The highest BCUT2D eigenvalue weighted by atomic mass is 79.9. The number of oxazole rings is 1. The molecule has 6 heteroatoms. The smallest absolute Gasteiger partial charge is 0.321 e. The fourth-order valence-corrected chi connectivity index (χ4v) is 0.947. The van der Waals surface area contributed by atoms with Crippen LogP contribution in [0.15, 0.2) is 15.3 Å². The van der Waals surface area contributed by atoms with Gasteiger partial charge in [0.25, 0.3) is 0 Å². The van der Waals surface area contributed by atoms with Crippen molar-refractivity contribution in [2.45, 2.75) is 12.5 Å². The van der Waals surface area contributed by atoms with Crippen molar-refractivity contribution in [2.75, 3.05) is 0 Å². The average molecular weight is 235 g/mol. The largest absolute Gasteiger partial charge is 0.480 e. The summed E-state index contributed by atoms with van der Waals surface area (Å²) in [7, 11) is 0. The van der Waals surface area contributed by atoms with Gasteiger partial charge in [0.05, 0.1) is 12.6 Å². The first-order chi connectivity index (χ1) is 5.59. The van der Waals surface area contributed by atoms with Crippen LogP contribution in [0.5, 0.6) is 0 Å². The zero-order chi connectivity index (χ0) is 9.14. The third kappa shape index (κ3) is 2.31. The topological polar surface area (TPSA) is 89.4 Å². The molecular weight excluding hydrogens is 228 g/mol. The van der Waals surface area contributed by atoms with Crippen LogP contribution in [-0.2, 0) is 11.2 Å². The number of carboxylic acid groups (broad SMARTS) is 1. The van der Waals surface area contributed by atoms with Gasteiger partial charge in [0, 0.05) is 0 Å². The second kappa shape index (κ2) is 3.68. The van der Waals surface area contributed by atoms with Crippen molar-refractivity contribution >= 4 is 21.9 Å². The van der Waals surface area contributed by atoms with Crippen molar-refractivity contribution in [1.82, 2.24) is 4.98 Å². The number of aliphatic carboxylic acids is 1. The number of nitrogens with zero attached hydrogens (tertiary/aromatic N) is 1. The molecule has 0 aliphatic carbocycles. The van der Waals surface area contributed by atoms with Crippen molar-refractivity contribution < 1.29 is 14.3 Å². The van der Waals surface area contributed by atoms with E-state index in [-0.39, 0.29) is 6.42 Å². The molecule has 1 aromatic rings. The molecular formula is C6H7BrN2O3. The Hall–Kier alpha value is -0.880. The molecule has 0 radical (unpaired) electrons. The molecule has 0 aromatic carbocycles. The summed E-state index contributed by atoms with van der Waals surface area (Å²) in [5.74, 6) is -0.749. The number of halogens is 1. The lowest BCUT2D eigenvalue weighted by atomic mass is 10.2. The van der Waals surface area contributed by atoms with Crippen LogP contribution in [-0.4, -0.2) is 22.1 Å². The van der Waals surface area contributed by atoms with Crippen LogP contribution in [0.3, 0.4) is 0 Å². The van der Waals surface area contributed by atoms with Gasteiger partial charge in [-0.05, 0) is 15.9 Å². The monoisotopic (exact) mass is 234 g/mol. The molecule has 1 atom stereocenters. The van der Waals surface area contributed by atoms with Crippen molar-refractivity contribution in [2.24, 2.45) is 5.73 Å². The molecule has 0 amide bonds. The van der Waals surface area contributed by atoms with Gasteiger partial charge in [-0.25, -0.2) is 4.98 Å². The minimum atomic E-state index is -1.07. The van der Waals surface area contributed by atoms with E-state index in [1.807, 2.05) is 0 Å². The highest BCUT2D eigenvalue weighted by Gasteiger charge is 2.15. The van der Waals surface area contributed by atoms with E-state index >= 15 is 0 Å². The molecule has 1 unspecified atom stereocenters. The molecule has 0 spiro atoms. The molecule has 0 fully saturated rings. The number of aromatic nitrogens is 1. The highest BCUT2D eigenvalue weighted by Crippen LogP contribution is 2.11. The van der Waals surface area contributed by atoms with E-state index < -0.39 is 12.0 Å². The summed E-state index contributed by atoms with van der Waals surface area (Å²) in [6, 6.07) is -0.962. The van der Waals surface area contributed by atoms with Crippen molar-refractivity contribution in [3.63, 3.8) is 0 Å². The van der Waals surface area contributed by atoms with E-state index in [4.69, 9.17) is 15.3 Å². The normalized spacial score (nSPS) is 12.8. The van der Waals surface area contributed by atoms with Gasteiger partial charge in [0.1, 0.15) is 6.04 Å². The van der Waals surface area contributed by atoms with Gasteiger partial charge in [-0.1, -0.05) is 0 Å². The van der Waals surface area contributed by atoms with E-state index in [1.165, 1.54) is 6.20 Å². The second-order valence-electron chi connectivity index (χ2n) is 2.21. The van der Waals surface area contributed by atoms with Gasteiger partial charge in [0.2, 0.25) is 0 Å². The van der Waals surface area contributed by atoms with E-state index in [0.717, 1.165) is 0 Å². The summed E-state index contributed by atoms with van der Waals surface area (Å²) in [6.07, 6.45) is 1.55.